The van der Waals surface area contributed by atoms with Gasteiger partial charge in [0.25, 0.3) is 0 Å². The zero-order valence-corrected chi connectivity index (χ0v) is 14.1. The van der Waals surface area contributed by atoms with Crippen molar-refractivity contribution in [1.29, 1.82) is 0 Å². The Balaban J connectivity index is 1.70. The molecule has 0 spiro atoms. The SMILES string of the molecule is CCc1ccc(NC(=O)CN2CC(C)Oc3cc(N)ccc32)cc1. The van der Waals surface area contributed by atoms with Crippen molar-refractivity contribution >= 4 is 23.0 Å². The molecule has 0 fully saturated rings. The minimum Gasteiger partial charge on any atom is -0.487 e. The van der Waals surface area contributed by atoms with Crippen LogP contribution in [0.4, 0.5) is 17.1 Å². The van der Waals surface area contributed by atoms with Gasteiger partial charge in [-0.2, -0.15) is 0 Å². The normalized spacial score (nSPS) is 16.2. The molecular formula is C19H23N3O2. The second-order valence-electron chi connectivity index (χ2n) is 6.13. The number of rotatable bonds is 4. The summed E-state index contributed by atoms with van der Waals surface area (Å²) >= 11 is 0. The lowest BCUT2D eigenvalue weighted by atomic mass is 10.1. The Morgan fingerprint density at radius 3 is 2.75 bits per heavy atom. The smallest absolute Gasteiger partial charge is 0.243 e. The van der Waals surface area contributed by atoms with Crippen LogP contribution in [0.2, 0.25) is 0 Å². The van der Waals surface area contributed by atoms with Crippen LogP contribution in [0.25, 0.3) is 0 Å². The summed E-state index contributed by atoms with van der Waals surface area (Å²) in [7, 11) is 0. The zero-order valence-electron chi connectivity index (χ0n) is 14.1. The molecule has 0 aromatic heterocycles. The van der Waals surface area contributed by atoms with Gasteiger partial charge in [-0.3, -0.25) is 4.79 Å². The van der Waals surface area contributed by atoms with Crippen molar-refractivity contribution in [1.82, 2.24) is 0 Å². The van der Waals surface area contributed by atoms with Gasteiger partial charge in [0.1, 0.15) is 11.9 Å². The Kier molecular flexibility index (Phi) is 4.60. The quantitative estimate of drug-likeness (QED) is 0.848. The molecular weight excluding hydrogens is 302 g/mol. The van der Waals surface area contributed by atoms with Crippen LogP contribution in [-0.4, -0.2) is 25.1 Å². The molecule has 0 aliphatic carbocycles. The number of nitrogens with one attached hydrogen (secondary N) is 1. The molecule has 0 saturated carbocycles. The van der Waals surface area contributed by atoms with Crippen molar-refractivity contribution in [2.24, 2.45) is 0 Å². The molecule has 3 rings (SSSR count). The van der Waals surface area contributed by atoms with Crippen molar-refractivity contribution in [2.75, 3.05) is 29.0 Å². The highest BCUT2D eigenvalue weighted by molar-refractivity contribution is 5.94. The van der Waals surface area contributed by atoms with Gasteiger partial charge >= 0.3 is 0 Å². The maximum atomic E-state index is 12.4. The van der Waals surface area contributed by atoms with Gasteiger partial charge in [-0.25, -0.2) is 0 Å². The topological polar surface area (TPSA) is 67.6 Å². The Labute approximate surface area is 142 Å². The number of carbonyl (C=O) groups is 1. The van der Waals surface area contributed by atoms with Crippen LogP contribution in [0.15, 0.2) is 42.5 Å². The molecule has 5 nitrogen and oxygen atoms in total. The Hall–Kier alpha value is -2.69. The highest BCUT2D eigenvalue weighted by atomic mass is 16.5. The maximum Gasteiger partial charge on any atom is 0.243 e. The van der Waals surface area contributed by atoms with Crippen molar-refractivity contribution < 1.29 is 9.53 Å². The zero-order chi connectivity index (χ0) is 17.1. The fourth-order valence-corrected chi connectivity index (χ4v) is 2.90. The number of ether oxygens (including phenoxy) is 1. The van der Waals surface area contributed by atoms with Crippen LogP contribution in [0, 0.1) is 0 Å². The second-order valence-corrected chi connectivity index (χ2v) is 6.13. The molecule has 1 atom stereocenters. The summed E-state index contributed by atoms with van der Waals surface area (Å²) in [6.07, 6.45) is 0.996. The molecule has 1 aliphatic rings. The molecule has 1 unspecified atom stereocenters. The number of anilines is 3. The summed E-state index contributed by atoms with van der Waals surface area (Å²) < 4.78 is 5.81. The highest BCUT2D eigenvalue weighted by Crippen LogP contribution is 2.34. The van der Waals surface area contributed by atoms with E-state index in [1.165, 1.54) is 5.56 Å². The van der Waals surface area contributed by atoms with Crippen LogP contribution in [0.5, 0.6) is 5.75 Å². The molecule has 1 amide bonds. The van der Waals surface area contributed by atoms with E-state index in [4.69, 9.17) is 10.5 Å². The van der Waals surface area contributed by atoms with Crippen LogP contribution in [0.1, 0.15) is 19.4 Å². The van der Waals surface area contributed by atoms with Crippen LogP contribution in [-0.2, 0) is 11.2 Å². The van der Waals surface area contributed by atoms with Gasteiger partial charge in [-0.05, 0) is 43.2 Å². The summed E-state index contributed by atoms with van der Waals surface area (Å²) in [5.74, 6) is 0.685. The van der Waals surface area contributed by atoms with Crippen LogP contribution in [0.3, 0.4) is 0 Å². The first-order chi connectivity index (χ1) is 11.5. The fourth-order valence-electron chi connectivity index (χ4n) is 2.90. The lowest BCUT2D eigenvalue weighted by molar-refractivity contribution is -0.115. The lowest BCUT2D eigenvalue weighted by Crippen LogP contribution is -2.42. The average molecular weight is 325 g/mol. The summed E-state index contributed by atoms with van der Waals surface area (Å²) in [5, 5.41) is 2.95. The van der Waals surface area contributed by atoms with Crippen LogP contribution >= 0.6 is 0 Å². The van der Waals surface area contributed by atoms with Gasteiger partial charge < -0.3 is 20.7 Å². The van der Waals surface area contributed by atoms with Gasteiger partial charge in [0.05, 0.1) is 18.8 Å². The molecule has 0 radical (unpaired) electrons. The summed E-state index contributed by atoms with van der Waals surface area (Å²) in [4.78, 5) is 14.4. The van der Waals surface area contributed by atoms with E-state index >= 15 is 0 Å². The number of hydrogen-bond donors (Lipinski definition) is 2. The van der Waals surface area contributed by atoms with E-state index in [2.05, 4.69) is 12.2 Å². The van der Waals surface area contributed by atoms with Crippen molar-refractivity contribution in [2.45, 2.75) is 26.4 Å². The van der Waals surface area contributed by atoms with E-state index in [0.29, 0.717) is 12.2 Å². The summed E-state index contributed by atoms with van der Waals surface area (Å²) in [6.45, 7) is 5.04. The standard InChI is InChI=1S/C19H23N3O2/c1-3-14-4-7-16(8-5-14)21-19(23)12-22-11-13(2)24-18-10-15(20)6-9-17(18)22/h4-10,13H,3,11-12,20H2,1-2H3,(H,21,23). The minimum absolute atomic E-state index is 0.0101. The predicted molar refractivity (Wildman–Crippen MR) is 97.6 cm³/mol. The molecule has 1 aliphatic heterocycles. The van der Waals surface area contributed by atoms with Gasteiger partial charge in [0.2, 0.25) is 5.91 Å². The number of benzene rings is 2. The Bertz CT molecular complexity index is 728. The summed E-state index contributed by atoms with van der Waals surface area (Å²) in [6, 6.07) is 13.5. The lowest BCUT2D eigenvalue weighted by Gasteiger charge is -2.34. The maximum absolute atomic E-state index is 12.4. The number of carbonyl (C=O) groups excluding carboxylic acids is 1. The minimum atomic E-state index is -0.0453. The van der Waals surface area contributed by atoms with Gasteiger partial charge in [0, 0.05) is 17.4 Å². The van der Waals surface area contributed by atoms with E-state index in [1.807, 2.05) is 48.2 Å². The molecule has 24 heavy (non-hydrogen) atoms. The van der Waals surface area contributed by atoms with Gasteiger partial charge in [-0.15, -0.1) is 0 Å². The van der Waals surface area contributed by atoms with Crippen molar-refractivity contribution in [3.05, 3.63) is 48.0 Å². The molecule has 1 heterocycles. The molecule has 0 saturated heterocycles. The molecule has 2 aromatic rings. The number of nitrogens with two attached hydrogens (primary N) is 1. The van der Waals surface area contributed by atoms with E-state index < -0.39 is 0 Å². The first kappa shape index (κ1) is 16.2. The van der Waals surface area contributed by atoms with E-state index in [1.54, 1.807) is 6.07 Å². The molecule has 5 heteroatoms. The third-order valence-corrected chi connectivity index (χ3v) is 4.11. The number of nitrogen functional groups attached to an aromatic ring is 1. The largest absolute Gasteiger partial charge is 0.487 e. The third kappa shape index (κ3) is 3.62. The first-order valence-corrected chi connectivity index (χ1v) is 8.25. The van der Waals surface area contributed by atoms with E-state index in [0.717, 1.165) is 23.5 Å². The predicted octanol–water partition coefficient (Wildman–Crippen LogP) is 3.06. The summed E-state index contributed by atoms with van der Waals surface area (Å²) in [5.41, 5.74) is 9.45. The van der Waals surface area contributed by atoms with Crippen molar-refractivity contribution in [3.63, 3.8) is 0 Å². The highest BCUT2D eigenvalue weighted by Gasteiger charge is 2.24. The second kappa shape index (κ2) is 6.83. The van der Waals surface area contributed by atoms with Gasteiger partial charge in [0.15, 0.2) is 0 Å². The van der Waals surface area contributed by atoms with E-state index in [9.17, 15) is 4.79 Å². The van der Waals surface area contributed by atoms with Crippen molar-refractivity contribution in [3.8, 4) is 5.75 Å². The van der Waals surface area contributed by atoms with Crippen LogP contribution < -0.4 is 20.7 Å². The average Bonchev–Trinajstić information content (AvgIpc) is 2.54. The Morgan fingerprint density at radius 2 is 2.04 bits per heavy atom. The number of aryl methyl sites for hydroxylation is 1. The number of hydrogen-bond acceptors (Lipinski definition) is 4. The monoisotopic (exact) mass is 325 g/mol. The molecule has 0 bridgehead atoms. The fraction of sp³-hybridized carbons (Fsp3) is 0.316. The number of nitrogens with zero attached hydrogens (tertiary/aromatic N) is 1. The van der Waals surface area contributed by atoms with Gasteiger partial charge in [-0.1, -0.05) is 19.1 Å². The molecule has 2 aromatic carbocycles. The van der Waals surface area contributed by atoms with E-state index in [-0.39, 0.29) is 18.6 Å². The third-order valence-electron chi connectivity index (χ3n) is 4.11. The molecule has 126 valence electrons. The number of fused-ring (bicyclic) bond motifs is 1. The Morgan fingerprint density at radius 1 is 1.29 bits per heavy atom. The first-order valence-electron chi connectivity index (χ1n) is 8.25. The molecule has 3 N–H and O–H groups in total. The number of amides is 1.